The van der Waals surface area contributed by atoms with Crippen LogP contribution in [-0.2, 0) is 0 Å². The van der Waals surface area contributed by atoms with E-state index in [0.29, 0.717) is 22.8 Å². The van der Waals surface area contributed by atoms with E-state index in [1.807, 2.05) is 30.9 Å². The molecule has 2 aromatic heterocycles. The molecule has 7 rings (SSSR count). The molecule has 0 radical (unpaired) electrons. The van der Waals surface area contributed by atoms with Gasteiger partial charge in [0.25, 0.3) is 24.2 Å². The lowest BCUT2D eigenvalue weighted by Gasteiger charge is -2.14. The van der Waals surface area contributed by atoms with Crippen LogP contribution in [0.3, 0.4) is 0 Å². The average Bonchev–Trinajstić information content (AvgIpc) is 3.54. The van der Waals surface area contributed by atoms with Crippen LogP contribution in [0.2, 0.25) is 0 Å². The van der Waals surface area contributed by atoms with E-state index in [1.54, 1.807) is 0 Å². The van der Waals surface area contributed by atoms with E-state index >= 15 is 9.59 Å². The molecule has 50 heavy (non-hydrogen) atoms. The van der Waals surface area contributed by atoms with Gasteiger partial charge in [0.2, 0.25) is 22.8 Å². The van der Waals surface area contributed by atoms with Gasteiger partial charge in [-0.3, -0.25) is 9.59 Å². The van der Waals surface area contributed by atoms with Gasteiger partial charge >= 0.3 is 0 Å². The third-order valence-corrected chi connectivity index (χ3v) is 10.2. The Labute approximate surface area is 295 Å². The Morgan fingerprint density at radius 1 is 0.380 bits per heavy atom. The molecule has 1 aliphatic rings. The molecule has 0 spiro atoms. The van der Waals surface area contributed by atoms with Crippen LogP contribution in [0.1, 0.15) is 99.1 Å². The largest absolute Gasteiger partial charge is 0.281 e. The van der Waals surface area contributed by atoms with Gasteiger partial charge < -0.3 is 0 Å². The first-order valence-electron chi connectivity index (χ1n) is 17.3. The minimum absolute atomic E-state index is 0.185. The summed E-state index contributed by atoms with van der Waals surface area (Å²) in [5.74, 6) is -0.369. The fourth-order valence-corrected chi connectivity index (χ4v) is 8.90. The number of carbonyl (C=O) groups excluding carboxylic acids is 2. The van der Waals surface area contributed by atoms with Gasteiger partial charge in [-0.15, -0.1) is 0 Å². The number of imidazole rings is 2. The quantitative estimate of drug-likeness (QED) is 0.178. The zero-order valence-corrected chi connectivity index (χ0v) is 31.4. The SMILES string of the molecule is Cc1cc(C)c(-n2c[n+](-c3c(C)cc(C)cc3C)c3c2C(=O)c2c([n+](-c4c(C)cc(C)cc4C)cn2-c2c(C)cc(C)cc2C)C3=O)c(C)c1. The van der Waals surface area contributed by atoms with Crippen molar-refractivity contribution in [2.45, 2.75) is 83.1 Å². The first-order valence-corrected chi connectivity index (χ1v) is 17.3. The number of hydrogen-bond donors (Lipinski definition) is 0. The molecule has 0 atom stereocenters. The van der Waals surface area contributed by atoms with Crippen molar-refractivity contribution < 1.29 is 18.7 Å². The molecule has 0 N–H and O–H groups in total. The van der Waals surface area contributed by atoms with E-state index in [9.17, 15) is 0 Å². The van der Waals surface area contributed by atoms with Gasteiger partial charge in [-0.25, -0.2) is 0 Å². The maximum Gasteiger partial charge on any atom is 0.281 e. The van der Waals surface area contributed by atoms with Crippen LogP contribution in [0, 0.1) is 83.1 Å². The number of carbonyl (C=O) groups is 2. The lowest BCUT2D eigenvalue weighted by Crippen LogP contribution is -2.45. The van der Waals surface area contributed by atoms with Gasteiger partial charge in [0.05, 0.1) is 0 Å². The summed E-state index contributed by atoms with van der Waals surface area (Å²) < 4.78 is 7.89. The van der Waals surface area contributed by atoms with Gasteiger partial charge in [-0.1, -0.05) is 70.8 Å². The molecule has 0 fully saturated rings. The highest BCUT2D eigenvalue weighted by molar-refractivity contribution is 6.25. The highest BCUT2D eigenvalue weighted by Crippen LogP contribution is 2.35. The van der Waals surface area contributed by atoms with Crippen molar-refractivity contribution in [3.05, 3.63) is 151 Å². The molecule has 6 aromatic rings. The summed E-state index contributed by atoms with van der Waals surface area (Å²) in [4.78, 5) is 31.1. The Balaban J connectivity index is 1.65. The second-order valence-corrected chi connectivity index (χ2v) is 14.8. The van der Waals surface area contributed by atoms with Crippen molar-refractivity contribution in [2.24, 2.45) is 0 Å². The Morgan fingerprint density at radius 3 is 0.920 bits per heavy atom. The fourth-order valence-electron chi connectivity index (χ4n) is 8.90. The second kappa shape index (κ2) is 11.6. The van der Waals surface area contributed by atoms with E-state index in [0.717, 1.165) is 89.5 Å². The molecule has 252 valence electrons. The van der Waals surface area contributed by atoms with Gasteiger partial charge in [-0.2, -0.15) is 18.3 Å². The van der Waals surface area contributed by atoms with Gasteiger partial charge in [0.1, 0.15) is 22.7 Å². The lowest BCUT2D eigenvalue weighted by atomic mass is 9.95. The molecule has 6 nitrogen and oxygen atoms in total. The highest BCUT2D eigenvalue weighted by Gasteiger charge is 2.51. The van der Waals surface area contributed by atoms with Gasteiger partial charge in [0, 0.05) is 0 Å². The second-order valence-electron chi connectivity index (χ2n) is 14.8. The van der Waals surface area contributed by atoms with E-state index in [2.05, 4.69) is 132 Å². The highest BCUT2D eigenvalue weighted by atomic mass is 16.1. The molecule has 1 aliphatic carbocycles. The average molecular weight is 663 g/mol. The molecule has 0 aliphatic heterocycles. The zero-order chi connectivity index (χ0) is 36.1. The van der Waals surface area contributed by atoms with E-state index < -0.39 is 0 Å². The van der Waals surface area contributed by atoms with Crippen LogP contribution in [0.4, 0.5) is 0 Å². The van der Waals surface area contributed by atoms with Crippen LogP contribution in [-0.4, -0.2) is 20.7 Å². The first kappa shape index (κ1) is 33.2. The van der Waals surface area contributed by atoms with Crippen LogP contribution < -0.4 is 9.13 Å². The Bertz CT molecular complexity index is 2060. The molecule has 6 heteroatoms. The summed E-state index contributed by atoms with van der Waals surface area (Å²) in [5, 5.41) is 0. The third kappa shape index (κ3) is 4.92. The minimum Gasteiger partial charge on any atom is -0.280 e. The van der Waals surface area contributed by atoms with Crippen LogP contribution >= 0.6 is 0 Å². The molecular weight excluding hydrogens is 617 g/mol. The smallest absolute Gasteiger partial charge is 0.280 e. The van der Waals surface area contributed by atoms with Crippen molar-refractivity contribution >= 4 is 11.6 Å². The molecule has 0 bridgehead atoms. The van der Waals surface area contributed by atoms with Gasteiger partial charge in [0.15, 0.2) is 0 Å². The summed E-state index contributed by atoms with van der Waals surface area (Å²) in [7, 11) is 0. The number of benzene rings is 4. The molecular formula is C44H46N4O2+2. The maximum atomic E-state index is 15.5. The molecule has 0 amide bonds. The van der Waals surface area contributed by atoms with Crippen molar-refractivity contribution in [1.29, 1.82) is 0 Å². The topological polar surface area (TPSA) is 51.8 Å². The van der Waals surface area contributed by atoms with Crippen LogP contribution in [0.25, 0.3) is 22.7 Å². The van der Waals surface area contributed by atoms with Crippen LogP contribution in [0.5, 0.6) is 0 Å². The number of hydrogen-bond acceptors (Lipinski definition) is 2. The standard InChI is InChI=1S/C44H46N4O2/c1-23-13-27(5)35(28(6)14-23)45-21-46(36-29(7)15-24(2)16-30(36)8)40-39(45)43(49)41-42(44(40)50)48(38-33(11)19-26(4)20-34(38)12)22-47(41)37-31(9)17-25(3)18-32(37)10/h13-22H,1-12H3/q+2. The van der Waals surface area contributed by atoms with Crippen molar-refractivity contribution in [3.63, 3.8) is 0 Å². The summed E-state index contributed by atoms with van der Waals surface area (Å²) in [6, 6.07) is 17.1. The number of rotatable bonds is 4. The number of fused-ring (bicyclic) bond motifs is 2. The molecule has 0 unspecified atom stereocenters. The van der Waals surface area contributed by atoms with Crippen molar-refractivity contribution in [3.8, 4) is 22.7 Å². The number of nitrogens with zero attached hydrogens (tertiary/aromatic N) is 4. The van der Waals surface area contributed by atoms with Gasteiger partial charge in [-0.05, 0) is 128 Å². The van der Waals surface area contributed by atoms with Crippen molar-refractivity contribution in [1.82, 2.24) is 9.13 Å². The maximum absolute atomic E-state index is 15.5. The molecule has 2 heterocycles. The minimum atomic E-state index is -0.185. The Morgan fingerprint density at radius 2 is 0.640 bits per heavy atom. The third-order valence-electron chi connectivity index (χ3n) is 10.2. The number of ketones is 2. The number of aryl methyl sites for hydroxylation is 12. The monoisotopic (exact) mass is 662 g/mol. The zero-order valence-electron chi connectivity index (χ0n) is 31.4. The summed E-state index contributed by atoms with van der Waals surface area (Å²) in [5.41, 5.74) is 18.1. The Hall–Kier alpha value is -5.36. The predicted octanol–water partition coefficient (Wildman–Crippen LogP) is 8.30. The number of aromatic nitrogens is 4. The molecule has 0 saturated carbocycles. The summed E-state index contributed by atoms with van der Waals surface area (Å²) >= 11 is 0. The van der Waals surface area contributed by atoms with Crippen LogP contribution in [0.15, 0.2) is 61.2 Å². The lowest BCUT2D eigenvalue weighted by molar-refractivity contribution is -0.605. The van der Waals surface area contributed by atoms with E-state index in [4.69, 9.17) is 0 Å². The normalized spacial score (nSPS) is 12.5. The Kier molecular flexibility index (Phi) is 7.70. The molecule has 4 aromatic carbocycles. The summed E-state index contributed by atoms with van der Waals surface area (Å²) in [6.45, 7) is 25.0. The summed E-state index contributed by atoms with van der Waals surface area (Å²) in [6.07, 6.45) is 3.92. The predicted molar refractivity (Wildman–Crippen MR) is 198 cm³/mol. The fraction of sp³-hybridized carbons (Fsp3) is 0.273. The first-order chi connectivity index (χ1) is 23.6. The van der Waals surface area contributed by atoms with E-state index in [-0.39, 0.29) is 11.6 Å². The van der Waals surface area contributed by atoms with Crippen molar-refractivity contribution in [2.75, 3.05) is 0 Å². The molecule has 0 saturated heterocycles. The van der Waals surface area contributed by atoms with E-state index in [1.165, 1.54) is 0 Å².